The van der Waals surface area contributed by atoms with Crippen molar-refractivity contribution in [2.24, 2.45) is 0 Å². The maximum Gasteiger partial charge on any atom is 0.345 e. The normalized spacial score (nSPS) is 12.2. The SMILES string of the molecule is CC(C)c1ccccc1O[C@@H](Cc1ccc(I)cc1)C(=O)O. The molecule has 0 aliphatic heterocycles. The molecule has 2 aromatic carbocycles. The summed E-state index contributed by atoms with van der Waals surface area (Å²) >= 11 is 2.23. The van der Waals surface area contributed by atoms with E-state index in [1.54, 1.807) is 0 Å². The van der Waals surface area contributed by atoms with Crippen molar-refractivity contribution in [3.63, 3.8) is 0 Å². The molecular formula is C18H19IO3. The van der Waals surface area contributed by atoms with E-state index < -0.39 is 12.1 Å². The van der Waals surface area contributed by atoms with Crippen LogP contribution >= 0.6 is 22.6 Å². The van der Waals surface area contributed by atoms with Gasteiger partial charge in [0.1, 0.15) is 5.75 Å². The second-order valence-corrected chi connectivity index (χ2v) is 6.71. The molecule has 0 saturated heterocycles. The van der Waals surface area contributed by atoms with Crippen molar-refractivity contribution in [2.45, 2.75) is 32.3 Å². The Morgan fingerprint density at radius 2 is 1.77 bits per heavy atom. The Morgan fingerprint density at radius 3 is 2.36 bits per heavy atom. The van der Waals surface area contributed by atoms with Gasteiger partial charge in [-0.1, -0.05) is 44.2 Å². The van der Waals surface area contributed by atoms with E-state index in [0.717, 1.165) is 14.7 Å². The van der Waals surface area contributed by atoms with Gasteiger partial charge in [0.2, 0.25) is 0 Å². The van der Waals surface area contributed by atoms with Gasteiger partial charge in [0.05, 0.1) is 0 Å². The lowest BCUT2D eigenvalue weighted by molar-refractivity contribution is -0.145. The van der Waals surface area contributed by atoms with Crippen LogP contribution in [-0.4, -0.2) is 17.2 Å². The third-order valence-corrected chi connectivity index (χ3v) is 4.14. The molecule has 1 N–H and O–H groups in total. The van der Waals surface area contributed by atoms with Crippen molar-refractivity contribution in [3.05, 3.63) is 63.2 Å². The zero-order valence-corrected chi connectivity index (χ0v) is 14.8. The van der Waals surface area contributed by atoms with Gasteiger partial charge in [0.15, 0.2) is 6.10 Å². The van der Waals surface area contributed by atoms with Crippen LogP contribution in [0.4, 0.5) is 0 Å². The Morgan fingerprint density at radius 1 is 1.14 bits per heavy atom. The van der Waals surface area contributed by atoms with E-state index in [9.17, 15) is 9.90 Å². The molecule has 0 fully saturated rings. The highest BCUT2D eigenvalue weighted by atomic mass is 127. The number of carbonyl (C=O) groups is 1. The van der Waals surface area contributed by atoms with Crippen LogP contribution in [-0.2, 0) is 11.2 Å². The summed E-state index contributed by atoms with van der Waals surface area (Å²) in [5.74, 6) is -0.0172. The van der Waals surface area contributed by atoms with Crippen molar-refractivity contribution >= 4 is 28.6 Å². The molecule has 0 spiro atoms. The molecule has 0 aliphatic rings. The third-order valence-electron chi connectivity index (χ3n) is 3.42. The molecule has 2 rings (SSSR count). The smallest absolute Gasteiger partial charge is 0.345 e. The Bertz CT molecular complexity index is 635. The molecule has 0 aliphatic carbocycles. The molecule has 0 bridgehead atoms. The van der Waals surface area contributed by atoms with Crippen molar-refractivity contribution in [2.75, 3.05) is 0 Å². The van der Waals surface area contributed by atoms with Crippen molar-refractivity contribution < 1.29 is 14.6 Å². The monoisotopic (exact) mass is 410 g/mol. The minimum atomic E-state index is -0.947. The molecule has 0 heterocycles. The van der Waals surface area contributed by atoms with Crippen LogP contribution in [0.2, 0.25) is 0 Å². The van der Waals surface area contributed by atoms with Crippen LogP contribution in [0, 0.1) is 3.57 Å². The molecule has 4 heteroatoms. The van der Waals surface area contributed by atoms with Gasteiger partial charge in [-0.3, -0.25) is 0 Å². The van der Waals surface area contributed by atoms with Crippen LogP contribution in [0.1, 0.15) is 30.9 Å². The van der Waals surface area contributed by atoms with E-state index in [-0.39, 0.29) is 5.92 Å². The van der Waals surface area contributed by atoms with Gasteiger partial charge in [0, 0.05) is 9.99 Å². The van der Waals surface area contributed by atoms with Gasteiger partial charge in [-0.05, 0) is 57.8 Å². The summed E-state index contributed by atoms with van der Waals surface area (Å²) in [5, 5.41) is 9.45. The van der Waals surface area contributed by atoms with Gasteiger partial charge < -0.3 is 9.84 Å². The summed E-state index contributed by atoms with van der Waals surface area (Å²) in [7, 11) is 0. The Labute approximate surface area is 144 Å². The summed E-state index contributed by atoms with van der Waals surface area (Å²) in [4.78, 5) is 11.5. The Hall–Kier alpha value is -1.56. The Balaban J connectivity index is 2.19. The number of hydrogen-bond donors (Lipinski definition) is 1. The molecule has 0 unspecified atom stereocenters. The molecule has 0 amide bonds. The summed E-state index contributed by atoms with van der Waals surface area (Å²) in [6.07, 6.45) is -0.543. The highest BCUT2D eigenvalue weighted by molar-refractivity contribution is 14.1. The van der Waals surface area contributed by atoms with E-state index in [1.165, 1.54) is 0 Å². The Kier molecular flexibility index (Phi) is 5.83. The number of ether oxygens (including phenoxy) is 1. The van der Waals surface area contributed by atoms with Gasteiger partial charge >= 0.3 is 5.97 Å². The maximum atomic E-state index is 11.5. The van der Waals surface area contributed by atoms with Gasteiger partial charge in [-0.25, -0.2) is 4.79 Å². The molecule has 0 aromatic heterocycles. The predicted molar refractivity (Wildman–Crippen MR) is 95.4 cm³/mol. The molecule has 116 valence electrons. The lowest BCUT2D eigenvalue weighted by atomic mass is 10.0. The molecule has 3 nitrogen and oxygen atoms in total. The number of aliphatic carboxylic acids is 1. The first-order valence-corrected chi connectivity index (χ1v) is 8.28. The lowest BCUT2D eigenvalue weighted by Gasteiger charge is -2.19. The van der Waals surface area contributed by atoms with Gasteiger partial charge in [0.25, 0.3) is 0 Å². The van der Waals surface area contributed by atoms with E-state index >= 15 is 0 Å². The van der Waals surface area contributed by atoms with Crippen LogP contribution in [0.25, 0.3) is 0 Å². The van der Waals surface area contributed by atoms with Crippen molar-refractivity contribution in [1.82, 2.24) is 0 Å². The topological polar surface area (TPSA) is 46.5 Å². The maximum absolute atomic E-state index is 11.5. The number of rotatable bonds is 6. The van der Waals surface area contributed by atoms with E-state index in [2.05, 4.69) is 36.4 Å². The molecule has 22 heavy (non-hydrogen) atoms. The molecule has 2 aromatic rings. The fourth-order valence-corrected chi connectivity index (χ4v) is 2.59. The standard InChI is InChI=1S/C18H19IO3/c1-12(2)15-5-3-4-6-16(15)22-17(18(20)21)11-13-7-9-14(19)10-8-13/h3-10,12,17H,11H2,1-2H3,(H,20,21)/t17-/m0/s1. The van der Waals surface area contributed by atoms with Crippen molar-refractivity contribution in [3.8, 4) is 5.75 Å². The first-order chi connectivity index (χ1) is 10.5. The molecule has 0 saturated carbocycles. The first-order valence-electron chi connectivity index (χ1n) is 7.20. The second-order valence-electron chi connectivity index (χ2n) is 5.47. The largest absolute Gasteiger partial charge is 0.478 e. The lowest BCUT2D eigenvalue weighted by Crippen LogP contribution is -2.29. The predicted octanol–water partition coefficient (Wildman–Crippen LogP) is 4.49. The van der Waals surface area contributed by atoms with Gasteiger partial charge in [-0.15, -0.1) is 0 Å². The van der Waals surface area contributed by atoms with E-state index in [4.69, 9.17) is 4.74 Å². The quantitative estimate of drug-likeness (QED) is 0.714. The average molecular weight is 410 g/mol. The fraction of sp³-hybridized carbons (Fsp3) is 0.278. The molecule has 1 atom stereocenters. The average Bonchev–Trinajstić information content (AvgIpc) is 2.49. The first kappa shape index (κ1) is 16.8. The summed E-state index contributed by atoms with van der Waals surface area (Å²) in [6.45, 7) is 4.13. The van der Waals surface area contributed by atoms with Crippen molar-refractivity contribution in [1.29, 1.82) is 0 Å². The number of hydrogen-bond acceptors (Lipinski definition) is 2. The minimum absolute atomic E-state index is 0.281. The third kappa shape index (κ3) is 4.47. The number of halogens is 1. The van der Waals surface area contributed by atoms with E-state index in [1.807, 2.05) is 48.5 Å². The van der Waals surface area contributed by atoms with Crippen LogP contribution in [0.5, 0.6) is 5.75 Å². The highest BCUT2D eigenvalue weighted by Gasteiger charge is 2.21. The highest BCUT2D eigenvalue weighted by Crippen LogP contribution is 2.27. The number of carboxylic acids is 1. The van der Waals surface area contributed by atoms with Crippen LogP contribution in [0.15, 0.2) is 48.5 Å². The minimum Gasteiger partial charge on any atom is -0.478 e. The number of para-hydroxylation sites is 1. The second kappa shape index (κ2) is 7.63. The zero-order chi connectivity index (χ0) is 16.1. The van der Waals surface area contributed by atoms with Crippen LogP contribution < -0.4 is 4.74 Å². The zero-order valence-electron chi connectivity index (χ0n) is 12.6. The summed E-state index contributed by atoms with van der Waals surface area (Å²) in [5.41, 5.74) is 1.98. The summed E-state index contributed by atoms with van der Waals surface area (Å²) in [6, 6.07) is 15.4. The summed E-state index contributed by atoms with van der Waals surface area (Å²) < 4.78 is 6.93. The number of carboxylic acid groups (broad SMARTS) is 1. The fourth-order valence-electron chi connectivity index (χ4n) is 2.23. The van der Waals surface area contributed by atoms with E-state index in [0.29, 0.717) is 12.2 Å². The molecular weight excluding hydrogens is 391 g/mol. The molecule has 0 radical (unpaired) electrons. The number of benzene rings is 2. The van der Waals surface area contributed by atoms with Gasteiger partial charge in [-0.2, -0.15) is 0 Å². The van der Waals surface area contributed by atoms with Crippen LogP contribution in [0.3, 0.4) is 0 Å².